The van der Waals surface area contributed by atoms with Crippen molar-refractivity contribution in [2.45, 2.75) is 244 Å². The first-order valence-corrected chi connectivity index (χ1v) is 37.2. The number of aliphatic imine (C=N–C) groups is 2. The fourth-order valence-corrected chi connectivity index (χ4v) is 11.1. The molecule has 0 fully saturated rings. The number of carboxylic acids is 2. The molecule has 620 valence electrons. The van der Waals surface area contributed by atoms with E-state index < -0.39 is 211 Å². The molecular formula is C71H123N21O18. The largest absolute Gasteiger partial charge is 0.481 e. The summed E-state index contributed by atoms with van der Waals surface area (Å²) in [4.78, 5) is 213. The number of hydrogen-bond acceptors (Lipinski definition) is 20. The number of guanidine groups is 2. The molecule has 0 spiro atoms. The van der Waals surface area contributed by atoms with Crippen LogP contribution in [0.1, 0.15) is 171 Å². The number of aliphatic hydroxyl groups excluding tert-OH is 1. The highest BCUT2D eigenvalue weighted by Gasteiger charge is 2.38. The number of primary amides is 1. The van der Waals surface area contributed by atoms with Gasteiger partial charge >= 0.3 is 11.9 Å². The lowest BCUT2D eigenvalue weighted by Crippen LogP contribution is -2.61. The molecule has 0 saturated carbocycles. The Kier molecular flexibility index (Phi) is 46.1. The van der Waals surface area contributed by atoms with Crippen LogP contribution in [0.3, 0.4) is 0 Å². The van der Waals surface area contributed by atoms with Crippen molar-refractivity contribution in [2.24, 2.45) is 79.7 Å². The number of hydrogen-bond donors (Lipinski definition) is 22. The quantitative estimate of drug-likeness (QED) is 0.0166. The van der Waals surface area contributed by atoms with Crippen LogP contribution in [0.25, 0.3) is 0 Å². The van der Waals surface area contributed by atoms with E-state index in [2.05, 4.69) is 73.8 Å². The Morgan fingerprint density at radius 1 is 0.427 bits per heavy atom. The second-order valence-corrected chi connectivity index (χ2v) is 28.6. The zero-order valence-corrected chi connectivity index (χ0v) is 65.0. The fourth-order valence-electron chi connectivity index (χ4n) is 11.1. The van der Waals surface area contributed by atoms with E-state index in [1.807, 2.05) is 6.92 Å². The molecule has 0 heterocycles. The Hall–Kier alpha value is -10.3. The normalized spacial score (nSPS) is 15.0. The van der Waals surface area contributed by atoms with Gasteiger partial charge in [-0.3, -0.25) is 77.1 Å². The minimum Gasteiger partial charge on any atom is -0.481 e. The third-order valence-electron chi connectivity index (χ3n) is 17.5. The van der Waals surface area contributed by atoms with Crippen molar-refractivity contribution in [2.75, 3.05) is 32.8 Å². The molecule has 39 nitrogen and oxygen atoms in total. The third-order valence-corrected chi connectivity index (χ3v) is 17.5. The van der Waals surface area contributed by atoms with Crippen LogP contribution >= 0.6 is 0 Å². The molecule has 13 amide bonds. The van der Waals surface area contributed by atoms with Gasteiger partial charge in [0.05, 0.1) is 25.6 Å². The Labute approximate surface area is 642 Å². The first kappa shape index (κ1) is 97.7. The second-order valence-electron chi connectivity index (χ2n) is 28.6. The Balaban J connectivity index is 3.60. The van der Waals surface area contributed by atoms with E-state index in [1.165, 1.54) is 0 Å². The van der Waals surface area contributed by atoms with Crippen LogP contribution in [-0.4, -0.2) is 221 Å². The summed E-state index contributed by atoms with van der Waals surface area (Å²) >= 11 is 0. The number of unbranched alkanes of at least 4 members (excludes halogenated alkanes) is 1. The average molecular weight is 1560 g/mol. The van der Waals surface area contributed by atoms with Crippen LogP contribution in [-0.2, 0) is 78.3 Å². The molecule has 14 atom stereocenters. The van der Waals surface area contributed by atoms with Gasteiger partial charge in [0.1, 0.15) is 66.5 Å². The summed E-state index contributed by atoms with van der Waals surface area (Å²) in [7, 11) is 0. The number of nitrogens with zero attached hydrogens (tertiary/aromatic N) is 2. The van der Waals surface area contributed by atoms with Crippen molar-refractivity contribution in [3.63, 3.8) is 0 Å². The van der Waals surface area contributed by atoms with Crippen molar-refractivity contribution in [1.82, 2.24) is 63.8 Å². The van der Waals surface area contributed by atoms with Gasteiger partial charge in [-0.1, -0.05) is 112 Å². The summed E-state index contributed by atoms with van der Waals surface area (Å²) < 4.78 is 0. The van der Waals surface area contributed by atoms with E-state index in [0.29, 0.717) is 37.7 Å². The third kappa shape index (κ3) is 39.2. The number of aliphatic carboxylic acids is 2. The Morgan fingerprint density at radius 3 is 1.30 bits per heavy atom. The maximum absolute atomic E-state index is 14.6. The number of aliphatic hydroxyl groups is 1. The number of carbonyl (C=O) groups is 15. The molecule has 0 aliphatic heterocycles. The maximum atomic E-state index is 14.6. The number of nitrogens with two attached hydrogens (primary N) is 7. The van der Waals surface area contributed by atoms with E-state index in [4.69, 9.17) is 40.1 Å². The van der Waals surface area contributed by atoms with Crippen molar-refractivity contribution in [1.29, 1.82) is 0 Å². The summed E-state index contributed by atoms with van der Waals surface area (Å²) in [6.07, 6.45) is -0.566. The van der Waals surface area contributed by atoms with Crippen LogP contribution in [0.2, 0.25) is 0 Å². The minimum atomic E-state index is -2.04. The van der Waals surface area contributed by atoms with Crippen LogP contribution in [0.4, 0.5) is 0 Å². The molecular weight excluding hydrogens is 1430 g/mol. The summed E-state index contributed by atoms with van der Waals surface area (Å²) in [5.41, 5.74) is 39.5. The Morgan fingerprint density at radius 2 is 0.818 bits per heavy atom. The van der Waals surface area contributed by atoms with Crippen molar-refractivity contribution < 1.29 is 87.2 Å². The highest BCUT2D eigenvalue weighted by atomic mass is 16.4. The molecule has 0 unspecified atom stereocenters. The van der Waals surface area contributed by atoms with Crippen molar-refractivity contribution in [3.05, 3.63) is 35.9 Å². The molecule has 0 saturated heterocycles. The summed E-state index contributed by atoms with van der Waals surface area (Å²) in [5.74, 6) is -17.6. The topological polar surface area (TPSA) is 668 Å². The molecule has 1 aromatic rings. The molecule has 0 aliphatic carbocycles. The number of rotatable bonds is 55. The van der Waals surface area contributed by atoms with Gasteiger partial charge < -0.3 is 119 Å². The first-order valence-electron chi connectivity index (χ1n) is 37.2. The van der Waals surface area contributed by atoms with Gasteiger partial charge in [-0.25, -0.2) is 4.79 Å². The van der Waals surface area contributed by atoms with Crippen molar-refractivity contribution >= 4 is 101 Å². The van der Waals surface area contributed by atoms with Gasteiger partial charge in [0.15, 0.2) is 11.9 Å². The van der Waals surface area contributed by atoms with E-state index in [-0.39, 0.29) is 94.8 Å². The number of nitrogens with one attached hydrogen (secondary N) is 12. The predicted molar refractivity (Wildman–Crippen MR) is 408 cm³/mol. The van der Waals surface area contributed by atoms with E-state index in [1.54, 1.807) is 92.6 Å². The minimum absolute atomic E-state index is 0.00744. The van der Waals surface area contributed by atoms with Crippen LogP contribution in [0.5, 0.6) is 0 Å². The lowest BCUT2D eigenvalue weighted by molar-refractivity contribution is -0.143. The molecule has 110 heavy (non-hydrogen) atoms. The monoisotopic (exact) mass is 1560 g/mol. The molecule has 0 bridgehead atoms. The predicted octanol–water partition coefficient (Wildman–Crippen LogP) is -4.71. The van der Waals surface area contributed by atoms with Gasteiger partial charge in [0.25, 0.3) is 0 Å². The van der Waals surface area contributed by atoms with Crippen LogP contribution < -0.4 is 104 Å². The second kappa shape index (κ2) is 51.9. The van der Waals surface area contributed by atoms with E-state index in [9.17, 15) is 87.2 Å². The molecule has 1 rings (SSSR count). The Bertz CT molecular complexity index is 3240. The molecule has 0 radical (unpaired) electrons. The zero-order valence-electron chi connectivity index (χ0n) is 65.0. The maximum Gasteiger partial charge on any atom is 0.326 e. The summed E-state index contributed by atoms with van der Waals surface area (Å²) in [6.45, 7) is 15.9. The highest BCUT2D eigenvalue weighted by molar-refractivity contribution is 6.00. The highest BCUT2D eigenvalue weighted by Crippen LogP contribution is 2.16. The molecule has 29 N–H and O–H groups in total. The molecule has 0 aliphatic rings. The standard InChI is InChI=1S/C71H123N21O18/c1-11-40(9)56(92-61(101)44(23-16-17-27-72)85-68(108)57(41(10)12-2)91-58(98)43(73)22-18-28-79-70(75)76)67(107)81-35-54(95)82-47(30-37(3)4)62(102)87-49(33-42-20-14-13-15-21-42)64(104)88-50(34-55(96)97)65(105)84-46(25-26-53(74)94)60(100)86-48(31-38(5)6)63(103)90-52(36-93)66(106)83-45(24-19-29-80-71(77)78)59(99)89-51(69(109)110)32-39(7)8/h13-15,20-21,37-41,43-52,56-57,93H,11-12,16-19,22-36,72-73H2,1-10H3,(H2,74,94)(H,81,107)(H,82,95)(H,83,106)(H,84,105)(H,85,108)(H,86,100)(H,87,102)(H,88,104)(H,89,99)(H,90,103)(H,91,98)(H,92,101)(H,96,97)(H,109,110)(H4,75,76,79)(H4,77,78,80)/t40-,41-,43-,44-,45-,46-,47-,48-,49-,50-,51-,52-,56-,57-/m0/s1. The average Bonchev–Trinajstić information content (AvgIpc) is 0.845. The van der Waals surface area contributed by atoms with E-state index >= 15 is 0 Å². The van der Waals surface area contributed by atoms with Gasteiger partial charge in [-0.05, 0) is 112 Å². The lowest BCUT2D eigenvalue weighted by atomic mass is 9.96. The summed E-state index contributed by atoms with van der Waals surface area (Å²) in [6, 6.07) is -9.62. The summed E-state index contributed by atoms with van der Waals surface area (Å²) in [5, 5.41) is 60.5. The van der Waals surface area contributed by atoms with E-state index in [0.717, 1.165) is 0 Å². The lowest BCUT2D eigenvalue weighted by Gasteiger charge is -2.29. The fraction of sp³-hybridized carbons (Fsp3) is 0.676. The number of benzene rings is 1. The zero-order chi connectivity index (χ0) is 83.5. The number of carbonyl (C=O) groups excluding carboxylic acids is 13. The number of amides is 13. The van der Waals surface area contributed by atoms with Crippen LogP contribution in [0, 0.1) is 29.6 Å². The first-order chi connectivity index (χ1) is 51.7. The van der Waals surface area contributed by atoms with Crippen LogP contribution in [0.15, 0.2) is 40.3 Å². The van der Waals surface area contributed by atoms with Crippen molar-refractivity contribution in [3.8, 4) is 0 Å². The van der Waals surface area contributed by atoms with Gasteiger partial charge in [-0.2, -0.15) is 0 Å². The molecule has 0 aromatic heterocycles. The molecule has 39 heteroatoms. The van der Waals surface area contributed by atoms with Gasteiger partial charge in [0.2, 0.25) is 76.8 Å². The smallest absolute Gasteiger partial charge is 0.326 e. The molecule has 1 aromatic carbocycles. The number of carboxylic acid groups (broad SMARTS) is 2. The van der Waals surface area contributed by atoms with Gasteiger partial charge in [0, 0.05) is 25.9 Å². The SMILES string of the molecule is CC[C@H](C)[C@H](NC(=O)[C@H](CCCCN)NC(=O)[C@@H](NC(=O)[C@@H](N)CCCN=C(N)N)[C@@H](C)CC)C(=O)NCC(=O)N[C@@H](CC(C)C)C(=O)N[C@@H](Cc1ccccc1)C(=O)N[C@@H](CC(=O)O)C(=O)N[C@@H](CCC(N)=O)C(=O)N[C@@H](CC(C)C)C(=O)N[C@@H](CO)C(=O)N[C@@H](CCCN=C(N)N)C(=O)N[C@@H](CC(C)C)C(=O)O. The van der Waals surface area contributed by atoms with Gasteiger partial charge in [-0.15, -0.1) is 0 Å².